The highest BCUT2D eigenvalue weighted by atomic mass is 16.5. The molecule has 0 aliphatic rings. The largest absolute Gasteiger partial charge is 0.367 e. The normalized spacial score (nSPS) is 11.7. The maximum absolute atomic E-state index is 12.1. The van der Waals surface area contributed by atoms with E-state index < -0.39 is 0 Å². The van der Waals surface area contributed by atoms with Crippen LogP contribution in [-0.4, -0.2) is 19.1 Å². The number of hydrogen-bond acceptors (Lipinski definition) is 2. The monoisotopic (exact) mass is 345 g/mol. The van der Waals surface area contributed by atoms with Crippen molar-refractivity contribution in [2.24, 2.45) is 0 Å². The summed E-state index contributed by atoms with van der Waals surface area (Å²) in [5, 5.41) is 2.90. The number of aryl methyl sites for hydroxylation is 1. The van der Waals surface area contributed by atoms with E-state index in [0.29, 0.717) is 18.7 Å². The van der Waals surface area contributed by atoms with Gasteiger partial charge in [-0.25, -0.2) is 0 Å². The quantitative estimate of drug-likeness (QED) is 0.639. The molecule has 132 valence electrons. The summed E-state index contributed by atoms with van der Waals surface area (Å²) in [6.07, 6.45) is -0.148. The molecule has 3 aromatic rings. The zero-order valence-electron chi connectivity index (χ0n) is 14.9. The zero-order chi connectivity index (χ0) is 18.2. The summed E-state index contributed by atoms with van der Waals surface area (Å²) < 4.78 is 6.13. The van der Waals surface area contributed by atoms with Crippen molar-refractivity contribution in [2.75, 3.05) is 13.2 Å². The molecule has 3 rings (SSSR count). The maximum atomic E-state index is 12.1. The molecule has 1 atom stereocenters. The van der Waals surface area contributed by atoms with Gasteiger partial charge in [-0.2, -0.15) is 0 Å². The van der Waals surface area contributed by atoms with Crippen molar-refractivity contribution in [1.82, 2.24) is 5.32 Å². The lowest BCUT2D eigenvalue weighted by Crippen LogP contribution is -2.27. The summed E-state index contributed by atoms with van der Waals surface area (Å²) in [5.74, 6) is -0.0826. The first-order valence-electron chi connectivity index (χ1n) is 8.80. The average molecular weight is 345 g/mol. The van der Waals surface area contributed by atoms with Crippen molar-refractivity contribution >= 4 is 5.91 Å². The van der Waals surface area contributed by atoms with Gasteiger partial charge in [-0.3, -0.25) is 4.79 Å². The Balaban J connectivity index is 1.61. The maximum Gasteiger partial charge on any atom is 0.251 e. The fourth-order valence-corrected chi connectivity index (χ4v) is 2.79. The van der Waals surface area contributed by atoms with E-state index in [1.807, 2.05) is 36.4 Å². The number of carbonyl (C=O) groups is 1. The van der Waals surface area contributed by atoms with E-state index in [0.717, 1.165) is 11.1 Å². The molecule has 1 N–H and O–H groups in total. The van der Waals surface area contributed by atoms with Crippen molar-refractivity contribution in [3.8, 4) is 0 Å². The lowest BCUT2D eigenvalue weighted by atomic mass is 10.0. The van der Waals surface area contributed by atoms with E-state index in [2.05, 4.69) is 48.6 Å². The van der Waals surface area contributed by atoms with Crippen LogP contribution in [-0.2, 0) is 4.74 Å². The van der Waals surface area contributed by atoms with E-state index >= 15 is 0 Å². The highest BCUT2D eigenvalue weighted by molar-refractivity contribution is 5.94. The Morgan fingerprint density at radius 3 is 2.08 bits per heavy atom. The summed E-state index contributed by atoms with van der Waals surface area (Å²) in [4.78, 5) is 12.1. The van der Waals surface area contributed by atoms with Crippen LogP contribution in [0.15, 0.2) is 84.9 Å². The van der Waals surface area contributed by atoms with Gasteiger partial charge in [0, 0.05) is 12.1 Å². The van der Waals surface area contributed by atoms with Crippen molar-refractivity contribution in [3.63, 3.8) is 0 Å². The van der Waals surface area contributed by atoms with Crippen LogP contribution in [0, 0.1) is 6.92 Å². The van der Waals surface area contributed by atoms with Crippen molar-refractivity contribution in [3.05, 3.63) is 107 Å². The molecular weight excluding hydrogens is 322 g/mol. The van der Waals surface area contributed by atoms with Crippen LogP contribution in [0.4, 0.5) is 0 Å². The lowest BCUT2D eigenvalue weighted by Gasteiger charge is -2.19. The third kappa shape index (κ3) is 4.80. The second-order valence-corrected chi connectivity index (χ2v) is 6.19. The van der Waals surface area contributed by atoms with Crippen molar-refractivity contribution in [2.45, 2.75) is 13.0 Å². The van der Waals surface area contributed by atoms with Gasteiger partial charge in [0.2, 0.25) is 0 Å². The third-order valence-electron chi connectivity index (χ3n) is 4.19. The van der Waals surface area contributed by atoms with Crippen LogP contribution in [0.25, 0.3) is 0 Å². The number of hydrogen-bond donors (Lipinski definition) is 1. The molecule has 0 bridgehead atoms. The predicted molar refractivity (Wildman–Crippen MR) is 104 cm³/mol. The molecule has 0 saturated carbocycles. The van der Waals surface area contributed by atoms with Gasteiger partial charge in [-0.1, -0.05) is 78.4 Å². The highest BCUT2D eigenvalue weighted by Gasteiger charge is 2.14. The molecule has 3 nitrogen and oxygen atoms in total. The van der Waals surface area contributed by atoms with Gasteiger partial charge in [-0.05, 0) is 30.2 Å². The predicted octanol–water partition coefficient (Wildman–Crippen LogP) is 4.53. The smallest absolute Gasteiger partial charge is 0.251 e. The lowest BCUT2D eigenvalue weighted by molar-refractivity contribution is 0.0756. The Kier molecular flexibility index (Phi) is 6.18. The van der Waals surface area contributed by atoms with Crippen molar-refractivity contribution < 1.29 is 9.53 Å². The Morgan fingerprint density at radius 2 is 1.42 bits per heavy atom. The van der Waals surface area contributed by atoms with Gasteiger partial charge < -0.3 is 10.1 Å². The molecule has 0 radical (unpaired) electrons. The molecule has 0 fully saturated rings. The van der Waals surface area contributed by atoms with Crippen LogP contribution >= 0.6 is 0 Å². The summed E-state index contributed by atoms with van der Waals surface area (Å²) >= 11 is 0. The molecule has 26 heavy (non-hydrogen) atoms. The van der Waals surface area contributed by atoms with Gasteiger partial charge in [0.25, 0.3) is 5.91 Å². The third-order valence-corrected chi connectivity index (χ3v) is 4.19. The summed E-state index contributed by atoms with van der Waals surface area (Å²) in [5.41, 5.74) is 4.09. The summed E-state index contributed by atoms with van der Waals surface area (Å²) in [6, 6.07) is 27.7. The molecule has 0 heterocycles. The molecule has 1 amide bonds. The molecule has 0 aliphatic carbocycles. The van der Waals surface area contributed by atoms with Gasteiger partial charge in [0.15, 0.2) is 0 Å². The van der Waals surface area contributed by atoms with E-state index in [1.54, 1.807) is 12.1 Å². The summed E-state index contributed by atoms with van der Waals surface area (Å²) in [6.45, 7) is 2.97. The van der Waals surface area contributed by atoms with Crippen LogP contribution < -0.4 is 5.32 Å². The van der Waals surface area contributed by atoms with Gasteiger partial charge >= 0.3 is 0 Å². The number of rotatable bonds is 7. The molecule has 0 spiro atoms. The zero-order valence-corrected chi connectivity index (χ0v) is 14.9. The number of benzene rings is 3. The Hall–Kier alpha value is -2.91. The molecule has 1 unspecified atom stereocenters. The molecule has 0 aromatic heterocycles. The van der Waals surface area contributed by atoms with Crippen molar-refractivity contribution in [1.29, 1.82) is 0 Å². The van der Waals surface area contributed by atoms with Crippen LogP contribution in [0.5, 0.6) is 0 Å². The minimum absolute atomic E-state index is 0.0826. The number of nitrogens with one attached hydrogen (secondary N) is 1. The van der Waals surface area contributed by atoms with Crippen LogP contribution in [0.3, 0.4) is 0 Å². The first-order chi connectivity index (χ1) is 12.7. The van der Waals surface area contributed by atoms with E-state index in [1.165, 1.54) is 5.56 Å². The fraction of sp³-hybridized carbons (Fsp3) is 0.174. The number of carbonyl (C=O) groups excluding carboxylic acids is 1. The first kappa shape index (κ1) is 17.9. The van der Waals surface area contributed by atoms with Crippen LogP contribution in [0.1, 0.15) is 33.2 Å². The van der Waals surface area contributed by atoms with E-state index in [9.17, 15) is 4.79 Å². The Bertz CT molecular complexity index is 814. The van der Waals surface area contributed by atoms with Gasteiger partial charge in [-0.15, -0.1) is 0 Å². The fourth-order valence-electron chi connectivity index (χ4n) is 2.79. The highest BCUT2D eigenvalue weighted by Crippen LogP contribution is 2.26. The Morgan fingerprint density at radius 1 is 0.846 bits per heavy atom. The number of amides is 1. The molecule has 0 aliphatic heterocycles. The Labute approximate surface area is 154 Å². The standard InChI is InChI=1S/C23H23NO2/c1-18-12-14-20(15-13-18)22(19-8-4-2-5-9-19)26-17-16-24-23(25)21-10-6-3-7-11-21/h2-15,22H,16-17H2,1H3,(H,24,25). The minimum Gasteiger partial charge on any atom is -0.367 e. The molecule has 3 aromatic carbocycles. The van der Waals surface area contributed by atoms with Gasteiger partial charge in [0.1, 0.15) is 6.10 Å². The molecule has 3 heteroatoms. The molecule has 0 saturated heterocycles. The summed E-state index contributed by atoms with van der Waals surface area (Å²) in [7, 11) is 0. The first-order valence-corrected chi connectivity index (χ1v) is 8.80. The average Bonchev–Trinajstić information content (AvgIpc) is 2.70. The topological polar surface area (TPSA) is 38.3 Å². The second-order valence-electron chi connectivity index (χ2n) is 6.19. The van der Waals surface area contributed by atoms with E-state index in [4.69, 9.17) is 4.74 Å². The van der Waals surface area contributed by atoms with Crippen LogP contribution in [0.2, 0.25) is 0 Å². The SMILES string of the molecule is Cc1ccc(C(OCCNC(=O)c2ccccc2)c2ccccc2)cc1. The van der Waals surface area contributed by atoms with Gasteiger partial charge in [0.05, 0.1) is 6.61 Å². The minimum atomic E-state index is -0.148. The second kappa shape index (κ2) is 8.97. The van der Waals surface area contributed by atoms with E-state index in [-0.39, 0.29) is 12.0 Å². The molecular formula is C23H23NO2. The number of ether oxygens (including phenoxy) is 1.